The van der Waals surface area contributed by atoms with Gasteiger partial charge in [0.25, 0.3) is 6.29 Å². The molecule has 0 aliphatic heterocycles. The standard InChI is InChI=1S/C19H24O6/c1-3-5-12-15(20)17(22)24-19(14-10-8-7-9-11-14)25-18(23)16(21)13-6-4-2/h7-11,19H,3-6,12-13H2,1-2H3. The normalized spacial score (nSPS) is 10.4. The lowest BCUT2D eigenvalue weighted by Crippen LogP contribution is -2.26. The molecule has 0 heterocycles. The van der Waals surface area contributed by atoms with Crippen LogP contribution in [0.25, 0.3) is 0 Å². The van der Waals surface area contributed by atoms with Gasteiger partial charge >= 0.3 is 11.9 Å². The van der Waals surface area contributed by atoms with E-state index in [-0.39, 0.29) is 12.8 Å². The van der Waals surface area contributed by atoms with E-state index in [2.05, 4.69) is 0 Å². The quantitative estimate of drug-likeness (QED) is 0.346. The van der Waals surface area contributed by atoms with Gasteiger partial charge < -0.3 is 9.47 Å². The van der Waals surface area contributed by atoms with Crippen LogP contribution >= 0.6 is 0 Å². The molecule has 0 aromatic heterocycles. The van der Waals surface area contributed by atoms with Crippen LogP contribution in [0, 0.1) is 0 Å². The lowest BCUT2D eigenvalue weighted by Gasteiger charge is -2.17. The molecule has 1 rings (SSSR count). The first-order valence-electron chi connectivity index (χ1n) is 8.52. The summed E-state index contributed by atoms with van der Waals surface area (Å²) in [7, 11) is 0. The molecule has 1 aromatic rings. The van der Waals surface area contributed by atoms with Gasteiger partial charge in [0, 0.05) is 18.4 Å². The number of carbonyl (C=O) groups excluding carboxylic acids is 4. The molecule has 0 aliphatic rings. The van der Waals surface area contributed by atoms with E-state index in [0.29, 0.717) is 18.4 Å². The summed E-state index contributed by atoms with van der Waals surface area (Å²) >= 11 is 0. The van der Waals surface area contributed by atoms with E-state index >= 15 is 0 Å². The summed E-state index contributed by atoms with van der Waals surface area (Å²) in [5.74, 6) is -3.51. The molecule has 6 nitrogen and oxygen atoms in total. The molecule has 0 amide bonds. The number of esters is 2. The molecule has 0 N–H and O–H groups in total. The fourth-order valence-electron chi connectivity index (χ4n) is 1.97. The average molecular weight is 348 g/mol. The van der Waals surface area contributed by atoms with Gasteiger partial charge in [0.05, 0.1) is 0 Å². The number of benzene rings is 1. The average Bonchev–Trinajstić information content (AvgIpc) is 2.63. The molecule has 0 fully saturated rings. The van der Waals surface area contributed by atoms with Crippen molar-refractivity contribution in [2.45, 2.75) is 58.7 Å². The Balaban J connectivity index is 2.80. The Morgan fingerprint density at radius 3 is 1.64 bits per heavy atom. The zero-order chi connectivity index (χ0) is 18.7. The molecule has 136 valence electrons. The molecule has 1 aromatic carbocycles. The second-order valence-corrected chi connectivity index (χ2v) is 5.61. The number of ketones is 2. The number of Topliss-reactive ketones (excluding diaryl/α,β-unsaturated/α-hetero) is 2. The molecule has 0 spiro atoms. The zero-order valence-electron chi connectivity index (χ0n) is 14.7. The number of rotatable bonds is 11. The van der Waals surface area contributed by atoms with E-state index in [4.69, 9.17) is 9.47 Å². The lowest BCUT2D eigenvalue weighted by atomic mass is 10.2. The highest BCUT2D eigenvalue weighted by Crippen LogP contribution is 2.20. The number of hydrogen-bond acceptors (Lipinski definition) is 6. The third-order valence-corrected chi connectivity index (χ3v) is 3.47. The zero-order valence-corrected chi connectivity index (χ0v) is 14.7. The van der Waals surface area contributed by atoms with Crippen LogP contribution in [0.4, 0.5) is 0 Å². The second-order valence-electron chi connectivity index (χ2n) is 5.61. The first kappa shape index (κ1) is 20.5. The number of unbranched alkanes of at least 4 members (excludes halogenated alkanes) is 2. The Hall–Kier alpha value is -2.50. The summed E-state index contributed by atoms with van der Waals surface area (Å²) in [6, 6.07) is 8.24. The molecule has 6 heteroatoms. The first-order valence-corrected chi connectivity index (χ1v) is 8.52. The fourth-order valence-corrected chi connectivity index (χ4v) is 1.97. The van der Waals surface area contributed by atoms with Crippen LogP contribution < -0.4 is 0 Å². The molecule has 0 bridgehead atoms. The van der Waals surface area contributed by atoms with Gasteiger partial charge in [-0.3, -0.25) is 9.59 Å². The number of hydrogen-bond donors (Lipinski definition) is 0. The van der Waals surface area contributed by atoms with E-state index in [9.17, 15) is 19.2 Å². The van der Waals surface area contributed by atoms with Gasteiger partial charge in [0.2, 0.25) is 11.6 Å². The third-order valence-electron chi connectivity index (χ3n) is 3.47. The van der Waals surface area contributed by atoms with E-state index in [1.54, 1.807) is 30.3 Å². The minimum Gasteiger partial charge on any atom is -0.415 e. The van der Waals surface area contributed by atoms with Crippen LogP contribution in [0.15, 0.2) is 30.3 Å². The van der Waals surface area contributed by atoms with Crippen molar-refractivity contribution < 1.29 is 28.7 Å². The SMILES string of the molecule is CCCCC(=O)C(=O)OC(OC(=O)C(=O)CCCC)c1ccccc1. The van der Waals surface area contributed by atoms with Crippen LogP contribution in [-0.4, -0.2) is 23.5 Å². The van der Waals surface area contributed by atoms with Crippen LogP contribution in [0.5, 0.6) is 0 Å². The Labute approximate surface area is 147 Å². The van der Waals surface area contributed by atoms with Crippen LogP contribution in [0.1, 0.15) is 64.2 Å². The Kier molecular flexibility index (Phi) is 9.14. The van der Waals surface area contributed by atoms with Gasteiger partial charge in [-0.05, 0) is 12.8 Å². The van der Waals surface area contributed by atoms with Crippen molar-refractivity contribution >= 4 is 23.5 Å². The van der Waals surface area contributed by atoms with Gasteiger partial charge in [-0.2, -0.15) is 0 Å². The summed E-state index contributed by atoms with van der Waals surface area (Å²) in [6.45, 7) is 3.80. The predicted octanol–water partition coefficient (Wildman–Crippen LogP) is 3.29. The molecule has 0 aliphatic carbocycles. The summed E-state index contributed by atoms with van der Waals surface area (Å²) in [6.07, 6.45) is 1.39. The van der Waals surface area contributed by atoms with Crippen LogP contribution in [-0.2, 0) is 28.7 Å². The first-order chi connectivity index (χ1) is 12.0. The van der Waals surface area contributed by atoms with Crippen molar-refractivity contribution in [1.82, 2.24) is 0 Å². The van der Waals surface area contributed by atoms with E-state index in [0.717, 1.165) is 12.8 Å². The van der Waals surface area contributed by atoms with Gasteiger partial charge in [0.15, 0.2) is 0 Å². The highest BCUT2D eigenvalue weighted by molar-refractivity contribution is 6.34. The summed E-state index contributed by atoms with van der Waals surface area (Å²) < 4.78 is 10.1. The van der Waals surface area contributed by atoms with Gasteiger partial charge in [0.1, 0.15) is 0 Å². The molecule has 0 atom stereocenters. The highest BCUT2D eigenvalue weighted by atomic mass is 16.7. The molecular formula is C19H24O6. The smallest absolute Gasteiger partial charge is 0.377 e. The summed E-state index contributed by atoms with van der Waals surface area (Å²) in [4.78, 5) is 47.3. The van der Waals surface area contributed by atoms with Crippen molar-refractivity contribution in [3.05, 3.63) is 35.9 Å². The van der Waals surface area contributed by atoms with E-state index in [1.807, 2.05) is 13.8 Å². The number of carbonyl (C=O) groups is 4. The third kappa shape index (κ3) is 7.28. The van der Waals surface area contributed by atoms with E-state index < -0.39 is 29.8 Å². The second kappa shape index (κ2) is 11.1. The minimum atomic E-state index is -1.42. The molecular weight excluding hydrogens is 324 g/mol. The predicted molar refractivity (Wildman–Crippen MR) is 90.4 cm³/mol. The van der Waals surface area contributed by atoms with Gasteiger partial charge in [-0.15, -0.1) is 0 Å². The van der Waals surface area contributed by atoms with E-state index in [1.165, 1.54) is 0 Å². The molecule has 0 saturated carbocycles. The largest absolute Gasteiger partial charge is 0.415 e. The van der Waals surface area contributed by atoms with Gasteiger partial charge in [-0.1, -0.05) is 57.0 Å². The summed E-state index contributed by atoms with van der Waals surface area (Å²) in [5.41, 5.74) is 0.371. The van der Waals surface area contributed by atoms with Crippen molar-refractivity contribution in [1.29, 1.82) is 0 Å². The maximum atomic E-state index is 11.9. The molecule has 25 heavy (non-hydrogen) atoms. The molecule has 0 saturated heterocycles. The lowest BCUT2D eigenvalue weighted by molar-refractivity contribution is -0.192. The Morgan fingerprint density at radius 1 is 0.800 bits per heavy atom. The molecule has 0 unspecified atom stereocenters. The van der Waals surface area contributed by atoms with Crippen molar-refractivity contribution in [2.24, 2.45) is 0 Å². The maximum Gasteiger partial charge on any atom is 0.377 e. The monoisotopic (exact) mass is 348 g/mol. The topological polar surface area (TPSA) is 86.7 Å². The summed E-state index contributed by atoms with van der Waals surface area (Å²) in [5, 5.41) is 0. The van der Waals surface area contributed by atoms with Crippen molar-refractivity contribution in [2.75, 3.05) is 0 Å². The fraction of sp³-hybridized carbons (Fsp3) is 0.474. The Morgan fingerprint density at radius 2 is 1.24 bits per heavy atom. The van der Waals surface area contributed by atoms with Crippen molar-refractivity contribution in [3.63, 3.8) is 0 Å². The number of ether oxygens (including phenoxy) is 2. The van der Waals surface area contributed by atoms with Gasteiger partial charge in [-0.25, -0.2) is 9.59 Å². The van der Waals surface area contributed by atoms with Crippen LogP contribution in [0.2, 0.25) is 0 Å². The van der Waals surface area contributed by atoms with Crippen molar-refractivity contribution in [3.8, 4) is 0 Å². The molecule has 0 radical (unpaired) electrons. The highest BCUT2D eigenvalue weighted by Gasteiger charge is 2.27. The maximum absolute atomic E-state index is 11.9. The Bertz CT molecular complexity index is 559. The minimum absolute atomic E-state index is 0.0697. The van der Waals surface area contributed by atoms with Crippen LogP contribution in [0.3, 0.4) is 0 Å².